The Labute approximate surface area is 199 Å². The summed E-state index contributed by atoms with van der Waals surface area (Å²) in [7, 11) is 0. The Morgan fingerprint density at radius 2 is 1.94 bits per heavy atom. The summed E-state index contributed by atoms with van der Waals surface area (Å²) in [4.78, 5) is 36.0. The third-order valence-corrected chi connectivity index (χ3v) is 5.83. The van der Waals surface area contributed by atoms with Gasteiger partial charge in [0, 0.05) is 34.6 Å². The molecule has 10 heteroatoms. The number of halogens is 2. The fourth-order valence-electron chi connectivity index (χ4n) is 4.23. The molecule has 1 aromatic heterocycles. The summed E-state index contributed by atoms with van der Waals surface area (Å²) >= 11 is 0. The Bertz CT molecular complexity index is 1320. The molecular weight excluding hydrogens is 460 g/mol. The number of hydrogen-bond acceptors (Lipinski definition) is 5. The molecule has 8 nitrogen and oxygen atoms in total. The number of amides is 2. The van der Waals surface area contributed by atoms with E-state index in [2.05, 4.69) is 10.5 Å². The lowest BCUT2D eigenvalue weighted by atomic mass is 9.81. The molecule has 4 rings (SSSR count). The molecule has 184 valence electrons. The number of para-hydroxylation sites is 1. The molecule has 0 saturated carbocycles. The lowest BCUT2D eigenvalue weighted by molar-refractivity contribution is -0.130. The molecule has 4 N–H and O–H groups in total. The van der Waals surface area contributed by atoms with Crippen molar-refractivity contribution in [2.45, 2.75) is 25.4 Å². The largest absolute Gasteiger partial charge is 0.394 e. The normalized spacial score (nSPS) is 15.8. The quantitative estimate of drug-likeness (QED) is 0.401. The number of hydrogen-bond donors (Lipinski definition) is 4. The van der Waals surface area contributed by atoms with Crippen LogP contribution in [0.15, 0.2) is 48.7 Å². The Kier molecular flexibility index (Phi) is 6.70. The fourth-order valence-corrected chi connectivity index (χ4v) is 4.23. The highest BCUT2D eigenvalue weighted by Crippen LogP contribution is 2.40. The molecule has 1 unspecified atom stereocenters. The number of nitrogens with zero attached hydrogens (tertiary/aromatic N) is 1. The van der Waals surface area contributed by atoms with Gasteiger partial charge in [-0.2, -0.15) is 0 Å². The average Bonchev–Trinajstić information content (AvgIpc) is 3.17. The maximum Gasteiger partial charge on any atom is 0.278 e. The van der Waals surface area contributed by atoms with Gasteiger partial charge in [-0.3, -0.25) is 14.4 Å². The van der Waals surface area contributed by atoms with E-state index in [0.29, 0.717) is 5.69 Å². The minimum atomic E-state index is -1.19. The molecule has 3 aromatic rings. The standard InChI is InChI=1S/C25H25F2N3O5/c1-25(2)13-30(24(34)14-7-8-18(26)19(27)9-14)10-17(23(33)29-35-12-15(32)11-31)22-21(25)16-5-3-4-6-20(16)28-22/h3-10,15,28,31-32H,11-13H2,1-2H3,(H,29,33). The van der Waals surface area contributed by atoms with Crippen LogP contribution < -0.4 is 5.48 Å². The molecule has 2 heterocycles. The van der Waals surface area contributed by atoms with E-state index in [-0.39, 0.29) is 24.3 Å². The lowest BCUT2D eigenvalue weighted by Crippen LogP contribution is -2.37. The zero-order chi connectivity index (χ0) is 25.3. The summed E-state index contributed by atoms with van der Waals surface area (Å²) in [5, 5.41) is 19.3. The lowest BCUT2D eigenvalue weighted by Gasteiger charge is -2.29. The van der Waals surface area contributed by atoms with Crippen molar-refractivity contribution in [1.82, 2.24) is 15.4 Å². The topological polar surface area (TPSA) is 115 Å². The Morgan fingerprint density at radius 1 is 1.20 bits per heavy atom. The first-order valence-corrected chi connectivity index (χ1v) is 10.9. The van der Waals surface area contributed by atoms with Crippen LogP contribution in [0.3, 0.4) is 0 Å². The molecule has 1 aliphatic heterocycles. The molecule has 0 saturated heterocycles. The van der Waals surface area contributed by atoms with Crippen LogP contribution in [0.2, 0.25) is 0 Å². The molecule has 2 aromatic carbocycles. The third-order valence-electron chi connectivity index (χ3n) is 5.83. The summed E-state index contributed by atoms with van der Waals surface area (Å²) < 4.78 is 27.3. The van der Waals surface area contributed by atoms with E-state index in [1.165, 1.54) is 17.2 Å². The van der Waals surface area contributed by atoms with Gasteiger partial charge in [-0.15, -0.1) is 0 Å². The summed E-state index contributed by atoms with van der Waals surface area (Å²) in [6.07, 6.45) is 0.153. The second kappa shape index (κ2) is 9.57. The van der Waals surface area contributed by atoms with Gasteiger partial charge in [0.05, 0.1) is 17.9 Å². The smallest absolute Gasteiger partial charge is 0.278 e. The van der Waals surface area contributed by atoms with Crippen molar-refractivity contribution in [3.05, 3.63) is 77.1 Å². The predicted octanol–water partition coefficient (Wildman–Crippen LogP) is 2.62. The first-order chi connectivity index (χ1) is 16.6. The molecule has 0 fully saturated rings. The summed E-state index contributed by atoms with van der Waals surface area (Å²) in [5.41, 5.74) is 3.62. The highest BCUT2D eigenvalue weighted by Gasteiger charge is 2.37. The van der Waals surface area contributed by atoms with Gasteiger partial charge in [-0.05, 0) is 29.8 Å². The van der Waals surface area contributed by atoms with Crippen LogP contribution in [0.5, 0.6) is 0 Å². The van der Waals surface area contributed by atoms with Crippen LogP contribution >= 0.6 is 0 Å². The molecule has 1 atom stereocenters. The van der Waals surface area contributed by atoms with Crippen molar-refractivity contribution < 1.29 is 33.4 Å². The first-order valence-electron chi connectivity index (χ1n) is 10.9. The Balaban J connectivity index is 1.79. The number of benzene rings is 2. The highest BCUT2D eigenvalue weighted by molar-refractivity contribution is 6.20. The Morgan fingerprint density at radius 3 is 2.66 bits per heavy atom. The van der Waals surface area contributed by atoms with Crippen molar-refractivity contribution in [3.63, 3.8) is 0 Å². The van der Waals surface area contributed by atoms with Crippen LogP contribution in [0.25, 0.3) is 16.5 Å². The second-order valence-electron chi connectivity index (χ2n) is 8.99. The monoisotopic (exact) mass is 485 g/mol. The molecular formula is C25H25F2N3O5. The number of hydroxylamine groups is 1. The van der Waals surface area contributed by atoms with Gasteiger partial charge >= 0.3 is 0 Å². The van der Waals surface area contributed by atoms with Crippen LogP contribution in [0.1, 0.15) is 35.5 Å². The minimum absolute atomic E-state index is 0.0659. The van der Waals surface area contributed by atoms with Crippen LogP contribution in [-0.2, 0) is 15.0 Å². The number of aromatic amines is 1. The van der Waals surface area contributed by atoms with Gasteiger partial charge in [-0.1, -0.05) is 32.0 Å². The molecule has 35 heavy (non-hydrogen) atoms. The van der Waals surface area contributed by atoms with Crippen LogP contribution in [0, 0.1) is 11.6 Å². The van der Waals surface area contributed by atoms with E-state index < -0.39 is 41.6 Å². The number of aliphatic hydroxyl groups excluding tert-OH is 2. The van der Waals surface area contributed by atoms with Gasteiger partial charge in [0.15, 0.2) is 11.6 Å². The number of rotatable bonds is 6. The van der Waals surface area contributed by atoms with Crippen molar-refractivity contribution in [1.29, 1.82) is 0 Å². The molecule has 2 amide bonds. The Hall–Kier alpha value is -3.60. The molecule has 0 bridgehead atoms. The summed E-state index contributed by atoms with van der Waals surface area (Å²) in [6.45, 7) is 3.08. The zero-order valence-corrected chi connectivity index (χ0v) is 19.1. The fraction of sp³-hybridized carbons (Fsp3) is 0.280. The minimum Gasteiger partial charge on any atom is -0.394 e. The molecule has 1 aliphatic rings. The SMILES string of the molecule is CC1(C)CN(C(=O)c2ccc(F)c(F)c2)C=C(C(=O)NOCC(O)CO)c2[nH]c3ccccc3c21. The van der Waals surface area contributed by atoms with E-state index in [0.717, 1.165) is 28.6 Å². The number of carbonyl (C=O) groups excluding carboxylic acids is 2. The van der Waals surface area contributed by atoms with E-state index in [4.69, 9.17) is 9.94 Å². The maximum absolute atomic E-state index is 13.8. The van der Waals surface area contributed by atoms with Gasteiger partial charge < -0.3 is 20.1 Å². The van der Waals surface area contributed by atoms with E-state index in [1.54, 1.807) is 0 Å². The van der Waals surface area contributed by atoms with Crippen LogP contribution in [0.4, 0.5) is 8.78 Å². The second-order valence-corrected chi connectivity index (χ2v) is 8.99. The van der Waals surface area contributed by atoms with Crippen molar-refractivity contribution in [2.24, 2.45) is 0 Å². The molecule has 0 radical (unpaired) electrons. The van der Waals surface area contributed by atoms with Gasteiger partial charge in [0.2, 0.25) is 0 Å². The highest BCUT2D eigenvalue weighted by atomic mass is 19.2. The zero-order valence-electron chi connectivity index (χ0n) is 19.1. The van der Waals surface area contributed by atoms with Crippen molar-refractivity contribution >= 4 is 28.3 Å². The number of aliphatic hydroxyl groups is 2. The predicted molar refractivity (Wildman–Crippen MR) is 124 cm³/mol. The van der Waals surface area contributed by atoms with Gasteiger partial charge in [0.1, 0.15) is 12.7 Å². The van der Waals surface area contributed by atoms with E-state index >= 15 is 0 Å². The number of H-pyrrole nitrogens is 1. The number of nitrogens with one attached hydrogen (secondary N) is 2. The van der Waals surface area contributed by atoms with E-state index in [9.17, 15) is 23.5 Å². The molecule has 0 spiro atoms. The van der Waals surface area contributed by atoms with E-state index in [1.807, 2.05) is 38.1 Å². The van der Waals surface area contributed by atoms with Gasteiger partial charge in [0.25, 0.3) is 11.8 Å². The van der Waals surface area contributed by atoms with Crippen LogP contribution in [-0.4, -0.2) is 57.8 Å². The summed E-state index contributed by atoms with van der Waals surface area (Å²) in [5.74, 6) is -3.55. The summed E-state index contributed by atoms with van der Waals surface area (Å²) in [6, 6.07) is 10.4. The average molecular weight is 485 g/mol. The van der Waals surface area contributed by atoms with Crippen molar-refractivity contribution in [3.8, 4) is 0 Å². The first kappa shape index (κ1) is 24.5. The van der Waals surface area contributed by atoms with Crippen molar-refractivity contribution in [2.75, 3.05) is 19.8 Å². The molecule has 0 aliphatic carbocycles. The van der Waals surface area contributed by atoms with Gasteiger partial charge in [-0.25, -0.2) is 14.3 Å². The number of aromatic nitrogens is 1. The number of fused-ring (bicyclic) bond motifs is 3. The third kappa shape index (κ3) is 4.81. The number of carbonyl (C=O) groups is 2. The maximum atomic E-state index is 13.8.